The SMILES string of the molecule is CCNCc1cccc(Br)c1OC1CCCCCC1O. The van der Waals surface area contributed by atoms with Gasteiger partial charge in [0.15, 0.2) is 0 Å². The van der Waals surface area contributed by atoms with E-state index in [2.05, 4.69) is 34.2 Å². The first-order valence-electron chi connectivity index (χ1n) is 7.55. The van der Waals surface area contributed by atoms with Crippen molar-refractivity contribution in [3.05, 3.63) is 28.2 Å². The molecule has 1 aromatic rings. The zero-order valence-corrected chi connectivity index (χ0v) is 13.7. The molecule has 2 rings (SSSR count). The van der Waals surface area contributed by atoms with Crippen molar-refractivity contribution in [1.29, 1.82) is 0 Å². The lowest BCUT2D eigenvalue weighted by Crippen LogP contribution is -2.31. The Labute approximate surface area is 129 Å². The summed E-state index contributed by atoms with van der Waals surface area (Å²) in [5, 5.41) is 13.5. The minimum atomic E-state index is -0.350. The van der Waals surface area contributed by atoms with Crippen LogP contribution < -0.4 is 10.1 Å². The van der Waals surface area contributed by atoms with Gasteiger partial charge in [-0.15, -0.1) is 0 Å². The van der Waals surface area contributed by atoms with Gasteiger partial charge in [0.2, 0.25) is 0 Å². The quantitative estimate of drug-likeness (QED) is 0.803. The van der Waals surface area contributed by atoms with Gasteiger partial charge in [-0.1, -0.05) is 31.9 Å². The minimum Gasteiger partial charge on any atom is -0.486 e. The summed E-state index contributed by atoms with van der Waals surface area (Å²) in [5.41, 5.74) is 1.14. The van der Waals surface area contributed by atoms with Crippen LogP contribution in [-0.4, -0.2) is 23.9 Å². The molecule has 20 heavy (non-hydrogen) atoms. The van der Waals surface area contributed by atoms with Crippen LogP contribution >= 0.6 is 15.9 Å². The van der Waals surface area contributed by atoms with Crippen molar-refractivity contribution in [3.63, 3.8) is 0 Å². The Morgan fingerprint density at radius 3 is 2.90 bits per heavy atom. The van der Waals surface area contributed by atoms with Crippen molar-refractivity contribution in [2.45, 2.75) is 57.8 Å². The van der Waals surface area contributed by atoms with Crippen LogP contribution in [0.5, 0.6) is 5.75 Å². The zero-order valence-electron chi connectivity index (χ0n) is 12.1. The van der Waals surface area contributed by atoms with E-state index in [0.29, 0.717) is 0 Å². The number of benzene rings is 1. The maximum absolute atomic E-state index is 10.2. The zero-order chi connectivity index (χ0) is 14.4. The summed E-state index contributed by atoms with van der Waals surface area (Å²) in [6.07, 6.45) is 4.77. The van der Waals surface area contributed by atoms with Gasteiger partial charge in [-0.25, -0.2) is 0 Å². The molecule has 0 saturated heterocycles. The average Bonchev–Trinajstić information content (AvgIpc) is 2.64. The predicted octanol–water partition coefficient (Wildman–Crippen LogP) is 3.63. The molecule has 3 nitrogen and oxygen atoms in total. The maximum atomic E-state index is 10.2. The highest BCUT2D eigenvalue weighted by Crippen LogP contribution is 2.32. The van der Waals surface area contributed by atoms with Crippen molar-refractivity contribution < 1.29 is 9.84 Å². The minimum absolute atomic E-state index is 0.0865. The van der Waals surface area contributed by atoms with Gasteiger partial charge < -0.3 is 15.2 Å². The summed E-state index contributed by atoms with van der Waals surface area (Å²) >= 11 is 3.57. The largest absolute Gasteiger partial charge is 0.486 e. The number of hydrogen-bond donors (Lipinski definition) is 2. The lowest BCUT2D eigenvalue weighted by molar-refractivity contribution is 0.0309. The van der Waals surface area contributed by atoms with E-state index in [1.54, 1.807) is 0 Å². The van der Waals surface area contributed by atoms with E-state index in [-0.39, 0.29) is 12.2 Å². The second-order valence-electron chi connectivity index (χ2n) is 5.37. The number of nitrogens with one attached hydrogen (secondary N) is 1. The van der Waals surface area contributed by atoms with E-state index in [4.69, 9.17) is 4.74 Å². The molecule has 0 bridgehead atoms. The Hall–Kier alpha value is -0.580. The highest BCUT2D eigenvalue weighted by atomic mass is 79.9. The molecule has 0 aliphatic heterocycles. The highest BCUT2D eigenvalue weighted by Gasteiger charge is 2.24. The normalized spacial score (nSPS) is 23.4. The number of halogens is 1. The molecule has 1 saturated carbocycles. The average molecular weight is 342 g/mol. The summed E-state index contributed by atoms with van der Waals surface area (Å²) in [4.78, 5) is 0. The lowest BCUT2D eigenvalue weighted by atomic mass is 10.1. The van der Waals surface area contributed by atoms with Crippen molar-refractivity contribution in [2.75, 3.05) is 6.54 Å². The first-order chi connectivity index (χ1) is 9.72. The second kappa shape index (κ2) is 8.01. The number of aliphatic hydroxyl groups excluding tert-OH is 1. The van der Waals surface area contributed by atoms with Gasteiger partial charge >= 0.3 is 0 Å². The monoisotopic (exact) mass is 341 g/mol. The van der Waals surface area contributed by atoms with Gasteiger partial charge in [-0.3, -0.25) is 0 Å². The standard InChI is InChI=1S/C16H24BrNO2/c1-2-18-11-12-7-6-8-13(17)16(12)20-15-10-5-3-4-9-14(15)19/h6-8,14-15,18-19H,2-5,9-11H2,1H3. The third-order valence-electron chi connectivity index (χ3n) is 3.80. The molecule has 4 heteroatoms. The van der Waals surface area contributed by atoms with E-state index >= 15 is 0 Å². The van der Waals surface area contributed by atoms with Gasteiger partial charge in [0.25, 0.3) is 0 Å². The summed E-state index contributed by atoms with van der Waals surface area (Å²) in [5.74, 6) is 0.874. The van der Waals surface area contributed by atoms with E-state index in [1.165, 1.54) is 6.42 Å². The molecule has 1 aliphatic carbocycles. The molecular formula is C16H24BrNO2. The Morgan fingerprint density at radius 2 is 2.10 bits per heavy atom. The summed E-state index contributed by atoms with van der Waals surface area (Å²) < 4.78 is 7.13. The highest BCUT2D eigenvalue weighted by molar-refractivity contribution is 9.10. The van der Waals surface area contributed by atoms with Gasteiger partial charge in [0.1, 0.15) is 11.9 Å². The fourth-order valence-electron chi connectivity index (χ4n) is 2.63. The fourth-order valence-corrected chi connectivity index (χ4v) is 3.13. The maximum Gasteiger partial charge on any atom is 0.138 e. The number of hydrogen-bond acceptors (Lipinski definition) is 3. The molecule has 0 amide bonds. The third-order valence-corrected chi connectivity index (χ3v) is 4.43. The molecule has 1 aliphatic rings. The molecule has 0 aromatic heterocycles. The first-order valence-corrected chi connectivity index (χ1v) is 8.34. The Morgan fingerprint density at radius 1 is 1.30 bits per heavy atom. The molecule has 112 valence electrons. The number of aliphatic hydroxyl groups is 1. The fraction of sp³-hybridized carbons (Fsp3) is 0.625. The Bertz CT molecular complexity index is 425. The lowest BCUT2D eigenvalue weighted by Gasteiger charge is -2.24. The van der Waals surface area contributed by atoms with Crippen LogP contribution in [0.1, 0.15) is 44.6 Å². The molecule has 0 radical (unpaired) electrons. The predicted molar refractivity (Wildman–Crippen MR) is 85.0 cm³/mol. The van der Waals surface area contributed by atoms with Crippen LogP contribution in [0.15, 0.2) is 22.7 Å². The summed E-state index contributed by atoms with van der Waals surface area (Å²) in [6.45, 7) is 3.81. The van der Waals surface area contributed by atoms with Crippen molar-refractivity contribution >= 4 is 15.9 Å². The number of ether oxygens (including phenoxy) is 1. The van der Waals surface area contributed by atoms with Crippen molar-refractivity contribution in [1.82, 2.24) is 5.32 Å². The Kier molecular flexibility index (Phi) is 6.33. The first kappa shape index (κ1) is 15.8. The summed E-state index contributed by atoms with van der Waals surface area (Å²) in [6, 6.07) is 6.09. The molecule has 2 unspecified atom stereocenters. The molecule has 1 fully saturated rings. The van der Waals surface area contributed by atoms with E-state index < -0.39 is 0 Å². The van der Waals surface area contributed by atoms with Gasteiger partial charge in [0.05, 0.1) is 10.6 Å². The van der Waals surface area contributed by atoms with Crippen molar-refractivity contribution in [2.24, 2.45) is 0 Å². The molecule has 2 N–H and O–H groups in total. The van der Waals surface area contributed by atoms with E-state index in [1.807, 2.05) is 12.1 Å². The molecule has 0 spiro atoms. The van der Waals surface area contributed by atoms with Crippen LogP contribution in [0.3, 0.4) is 0 Å². The topological polar surface area (TPSA) is 41.5 Å². The van der Waals surface area contributed by atoms with Crippen LogP contribution in [0.2, 0.25) is 0 Å². The number of para-hydroxylation sites is 1. The van der Waals surface area contributed by atoms with Gasteiger partial charge in [0, 0.05) is 12.1 Å². The molecule has 0 heterocycles. The molecular weight excluding hydrogens is 318 g/mol. The van der Waals surface area contributed by atoms with Crippen LogP contribution in [0, 0.1) is 0 Å². The van der Waals surface area contributed by atoms with Crippen molar-refractivity contribution in [3.8, 4) is 5.75 Å². The van der Waals surface area contributed by atoms with Crippen LogP contribution in [0.4, 0.5) is 0 Å². The van der Waals surface area contributed by atoms with Gasteiger partial charge in [-0.2, -0.15) is 0 Å². The third kappa shape index (κ3) is 4.21. The number of rotatable bonds is 5. The Balaban J connectivity index is 2.13. The van der Waals surface area contributed by atoms with Gasteiger partial charge in [-0.05, 0) is 47.8 Å². The summed E-state index contributed by atoms with van der Waals surface area (Å²) in [7, 11) is 0. The van der Waals surface area contributed by atoms with E-state index in [9.17, 15) is 5.11 Å². The van der Waals surface area contributed by atoms with Crippen LogP contribution in [0.25, 0.3) is 0 Å². The molecule has 1 aromatic carbocycles. The smallest absolute Gasteiger partial charge is 0.138 e. The van der Waals surface area contributed by atoms with Crippen LogP contribution in [-0.2, 0) is 6.54 Å². The molecule has 2 atom stereocenters. The second-order valence-corrected chi connectivity index (χ2v) is 6.22. The van der Waals surface area contributed by atoms with E-state index in [0.717, 1.165) is 54.6 Å².